The molecule has 21 heavy (non-hydrogen) atoms. The zero-order chi connectivity index (χ0) is 14.8. The Bertz CT molecular complexity index is 488. The van der Waals surface area contributed by atoms with Crippen molar-refractivity contribution in [2.45, 2.75) is 50.6 Å². The van der Waals surface area contributed by atoms with Gasteiger partial charge in [0.2, 0.25) is 0 Å². The van der Waals surface area contributed by atoms with Crippen molar-refractivity contribution in [1.82, 2.24) is 4.90 Å². The van der Waals surface area contributed by atoms with E-state index < -0.39 is 0 Å². The van der Waals surface area contributed by atoms with Gasteiger partial charge in [0.25, 0.3) is 0 Å². The van der Waals surface area contributed by atoms with Crippen molar-refractivity contribution < 1.29 is 4.39 Å². The molecule has 0 amide bonds. The van der Waals surface area contributed by atoms with Crippen LogP contribution in [0.25, 0.3) is 0 Å². The molecule has 0 bridgehead atoms. The Balaban J connectivity index is 1.84. The first-order valence-corrected chi connectivity index (χ1v) is 8.49. The lowest BCUT2D eigenvalue weighted by Gasteiger charge is -2.36. The van der Waals surface area contributed by atoms with E-state index in [4.69, 9.17) is 17.3 Å². The number of hydrogen-bond donors (Lipinski definition) is 1. The summed E-state index contributed by atoms with van der Waals surface area (Å²) in [5, 5.41) is 0.445. The van der Waals surface area contributed by atoms with E-state index in [9.17, 15) is 4.39 Å². The molecule has 0 spiro atoms. The molecule has 2 nitrogen and oxygen atoms in total. The maximum absolute atomic E-state index is 14.3. The Morgan fingerprint density at radius 1 is 1.24 bits per heavy atom. The summed E-state index contributed by atoms with van der Waals surface area (Å²) in [6.07, 6.45) is 7.77. The molecule has 116 valence electrons. The average Bonchev–Trinajstić information content (AvgIpc) is 3.12. The second-order valence-electron chi connectivity index (χ2n) is 6.41. The minimum Gasteiger partial charge on any atom is -0.329 e. The van der Waals surface area contributed by atoms with Crippen molar-refractivity contribution in [2.75, 3.05) is 13.1 Å². The summed E-state index contributed by atoms with van der Waals surface area (Å²) in [4.78, 5) is 2.46. The predicted octanol–water partition coefficient (Wildman–Crippen LogP) is 4.13. The standard InChI is InChI=1S/C17H24ClFN2/c18-13-7-8-14(15(19)10-13)17(11-20)21-9-3-6-16(21)12-4-1-2-5-12/h7-8,10,12,16-17H,1-6,9,11,20H2. The van der Waals surface area contributed by atoms with Crippen molar-refractivity contribution in [3.05, 3.63) is 34.6 Å². The fraction of sp³-hybridized carbons (Fsp3) is 0.647. The number of nitrogens with two attached hydrogens (primary N) is 1. The third-order valence-electron chi connectivity index (χ3n) is 5.23. The van der Waals surface area contributed by atoms with E-state index in [-0.39, 0.29) is 11.9 Å². The zero-order valence-electron chi connectivity index (χ0n) is 12.4. The van der Waals surface area contributed by atoms with Crippen molar-refractivity contribution >= 4 is 11.6 Å². The van der Waals surface area contributed by atoms with E-state index in [0.717, 1.165) is 12.5 Å². The van der Waals surface area contributed by atoms with Crippen LogP contribution in [0.2, 0.25) is 5.02 Å². The van der Waals surface area contributed by atoms with E-state index in [1.807, 2.05) is 0 Å². The third-order valence-corrected chi connectivity index (χ3v) is 5.47. The van der Waals surface area contributed by atoms with Crippen LogP contribution in [-0.4, -0.2) is 24.0 Å². The summed E-state index contributed by atoms with van der Waals surface area (Å²) in [7, 11) is 0. The summed E-state index contributed by atoms with van der Waals surface area (Å²) >= 11 is 5.87. The molecule has 2 atom stereocenters. The minimum atomic E-state index is -0.227. The smallest absolute Gasteiger partial charge is 0.129 e. The van der Waals surface area contributed by atoms with Gasteiger partial charge < -0.3 is 5.73 Å². The molecule has 2 N–H and O–H groups in total. The second-order valence-corrected chi connectivity index (χ2v) is 6.85. The van der Waals surface area contributed by atoms with Crippen LogP contribution >= 0.6 is 11.6 Å². The van der Waals surface area contributed by atoms with Gasteiger partial charge in [-0.3, -0.25) is 4.90 Å². The molecule has 3 rings (SSSR count). The molecular weight excluding hydrogens is 287 g/mol. The van der Waals surface area contributed by atoms with Crippen molar-refractivity contribution in [2.24, 2.45) is 11.7 Å². The van der Waals surface area contributed by atoms with E-state index in [0.29, 0.717) is 23.2 Å². The zero-order valence-corrected chi connectivity index (χ0v) is 13.2. The van der Waals surface area contributed by atoms with Gasteiger partial charge in [-0.1, -0.05) is 30.5 Å². The fourth-order valence-electron chi connectivity index (χ4n) is 4.26. The van der Waals surface area contributed by atoms with Crippen molar-refractivity contribution in [1.29, 1.82) is 0 Å². The molecule has 1 heterocycles. The fourth-order valence-corrected chi connectivity index (χ4v) is 4.42. The Morgan fingerprint density at radius 2 is 2.00 bits per heavy atom. The summed E-state index contributed by atoms with van der Waals surface area (Å²) < 4.78 is 14.3. The van der Waals surface area contributed by atoms with Crippen LogP contribution in [0.5, 0.6) is 0 Å². The number of benzene rings is 1. The molecule has 0 aromatic heterocycles. The summed E-state index contributed by atoms with van der Waals surface area (Å²) in [6, 6.07) is 5.54. The van der Waals surface area contributed by atoms with Gasteiger partial charge in [0.1, 0.15) is 5.82 Å². The van der Waals surface area contributed by atoms with Crippen LogP contribution in [0.1, 0.15) is 50.1 Å². The maximum Gasteiger partial charge on any atom is 0.129 e. The van der Waals surface area contributed by atoms with Gasteiger partial charge in [-0.05, 0) is 50.3 Å². The number of hydrogen-bond acceptors (Lipinski definition) is 2. The lowest BCUT2D eigenvalue weighted by Crippen LogP contribution is -2.41. The normalized spacial score (nSPS) is 25.6. The van der Waals surface area contributed by atoms with E-state index in [2.05, 4.69) is 4.90 Å². The van der Waals surface area contributed by atoms with Crippen LogP contribution in [0.15, 0.2) is 18.2 Å². The molecule has 1 aliphatic carbocycles. The Morgan fingerprint density at radius 3 is 2.67 bits per heavy atom. The van der Waals surface area contributed by atoms with Gasteiger partial charge in [-0.15, -0.1) is 0 Å². The van der Waals surface area contributed by atoms with Gasteiger partial charge >= 0.3 is 0 Å². The molecule has 1 aliphatic heterocycles. The average molecular weight is 311 g/mol. The molecule has 1 saturated carbocycles. The number of halogens is 2. The van der Waals surface area contributed by atoms with Gasteiger partial charge in [-0.25, -0.2) is 4.39 Å². The highest BCUT2D eigenvalue weighted by molar-refractivity contribution is 6.30. The molecule has 1 aromatic carbocycles. The molecule has 1 aromatic rings. The molecule has 1 saturated heterocycles. The molecule has 0 radical (unpaired) electrons. The van der Waals surface area contributed by atoms with Gasteiger partial charge in [0, 0.05) is 23.2 Å². The first-order chi connectivity index (χ1) is 10.2. The maximum atomic E-state index is 14.3. The van der Waals surface area contributed by atoms with Gasteiger partial charge in [0.05, 0.1) is 6.04 Å². The Hall–Kier alpha value is -0.640. The number of nitrogens with zero attached hydrogens (tertiary/aromatic N) is 1. The summed E-state index contributed by atoms with van der Waals surface area (Å²) in [6.45, 7) is 1.49. The number of rotatable bonds is 4. The molecule has 2 aliphatic rings. The quantitative estimate of drug-likeness (QED) is 0.906. The van der Waals surface area contributed by atoms with E-state index in [1.165, 1.54) is 44.6 Å². The monoisotopic (exact) mass is 310 g/mol. The second kappa shape index (κ2) is 6.64. The molecule has 2 fully saturated rings. The lowest BCUT2D eigenvalue weighted by molar-refractivity contribution is 0.136. The lowest BCUT2D eigenvalue weighted by atomic mass is 9.94. The van der Waals surface area contributed by atoms with E-state index >= 15 is 0 Å². The minimum absolute atomic E-state index is 0.0182. The Labute approximate surface area is 131 Å². The van der Waals surface area contributed by atoms with Gasteiger partial charge in [-0.2, -0.15) is 0 Å². The first kappa shape index (κ1) is 15.3. The van der Waals surface area contributed by atoms with Crippen LogP contribution in [0.4, 0.5) is 4.39 Å². The largest absolute Gasteiger partial charge is 0.329 e. The van der Waals surface area contributed by atoms with Gasteiger partial charge in [0.15, 0.2) is 0 Å². The first-order valence-electron chi connectivity index (χ1n) is 8.11. The summed E-state index contributed by atoms with van der Waals surface area (Å²) in [5.41, 5.74) is 6.71. The van der Waals surface area contributed by atoms with Crippen LogP contribution in [0.3, 0.4) is 0 Å². The third kappa shape index (κ3) is 3.10. The topological polar surface area (TPSA) is 29.3 Å². The predicted molar refractivity (Wildman–Crippen MR) is 84.9 cm³/mol. The van der Waals surface area contributed by atoms with Crippen molar-refractivity contribution in [3.8, 4) is 0 Å². The highest BCUT2D eigenvalue weighted by Crippen LogP contribution is 2.39. The van der Waals surface area contributed by atoms with Crippen LogP contribution < -0.4 is 5.73 Å². The van der Waals surface area contributed by atoms with Crippen LogP contribution in [0, 0.1) is 11.7 Å². The highest BCUT2D eigenvalue weighted by atomic mass is 35.5. The molecule has 4 heteroatoms. The molecule has 2 unspecified atom stereocenters. The highest BCUT2D eigenvalue weighted by Gasteiger charge is 2.37. The molecular formula is C17H24ClFN2. The van der Waals surface area contributed by atoms with E-state index in [1.54, 1.807) is 12.1 Å². The Kier molecular flexibility index (Phi) is 4.82. The summed E-state index contributed by atoms with van der Waals surface area (Å²) in [5.74, 6) is 0.548. The SMILES string of the molecule is NCC(c1ccc(Cl)cc1F)N1CCCC1C1CCCC1. The van der Waals surface area contributed by atoms with Crippen molar-refractivity contribution in [3.63, 3.8) is 0 Å². The van der Waals surface area contributed by atoms with Crippen LogP contribution in [-0.2, 0) is 0 Å². The number of likely N-dealkylation sites (tertiary alicyclic amines) is 1.